The fourth-order valence-electron chi connectivity index (χ4n) is 2.47. The highest BCUT2D eigenvalue weighted by Gasteiger charge is 2.08. The lowest BCUT2D eigenvalue weighted by Crippen LogP contribution is -2.09. The van der Waals surface area contributed by atoms with Crippen LogP contribution < -0.4 is 10.5 Å². The van der Waals surface area contributed by atoms with Gasteiger partial charge in [-0.2, -0.15) is 5.10 Å². The normalized spacial score (nSPS) is 11.5. The topological polar surface area (TPSA) is 83.2 Å². The van der Waals surface area contributed by atoms with E-state index in [4.69, 9.17) is 10.5 Å². The maximum Gasteiger partial charge on any atom is 0.221 e. The largest absolute Gasteiger partial charge is 0.491 e. The van der Waals surface area contributed by atoms with Crippen molar-refractivity contribution in [3.63, 3.8) is 0 Å². The summed E-state index contributed by atoms with van der Waals surface area (Å²) in [6.07, 6.45) is 9.12. The van der Waals surface area contributed by atoms with Crippen LogP contribution in [0.15, 0.2) is 48.2 Å². The Morgan fingerprint density at radius 2 is 2.20 bits per heavy atom. The molecule has 3 aromatic rings. The van der Waals surface area contributed by atoms with Crippen molar-refractivity contribution >= 4 is 12.2 Å². The van der Waals surface area contributed by atoms with E-state index in [9.17, 15) is 0 Å². The van der Waals surface area contributed by atoms with E-state index < -0.39 is 0 Å². The summed E-state index contributed by atoms with van der Waals surface area (Å²) in [4.78, 5) is 8.23. The SMILES string of the molecule is Cc1cn(N=Cc2ccc(OC(C)C)c(Cn3ccnc3)c2)c(N)n1. The number of anilines is 1. The Kier molecular flexibility index (Phi) is 4.83. The van der Waals surface area contributed by atoms with Crippen molar-refractivity contribution in [3.05, 3.63) is 59.9 Å². The lowest BCUT2D eigenvalue weighted by atomic mass is 10.1. The van der Waals surface area contributed by atoms with E-state index >= 15 is 0 Å². The lowest BCUT2D eigenvalue weighted by molar-refractivity contribution is 0.239. The zero-order valence-corrected chi connectivity index (χ0v) is 14.6. The molecule has 0 amide bonds. The fourth-order valence-corrected chi connectivity index (χ4v) is 2.47. The van der Waals surface area contributed by atoms with Crippen LogP contribution in [0.2, 0.25) is 0 Å². The van der Waals surface area contributed by atoms with Crippen LogP contribution >= 0.6 is 0 Å². The maximum absolute atomic E-state index is 5.92. The van der Waals surface area contributed by atoms with Crippen molar-refractivity contribution in [2.45, 2.75) is 33.4 Å². The molecule has 2 heterocycles. The number of nitrogens with two attached hydrogens (primary N) is 1. The molecule has 2 N–H and O–H groups in total. The molecule has 0 saturated heterocycles. The lowest BCUT2D eigenvalue weighted by Gasteiger charge is -2.15. The summed E-state index contributed by atoms with van der Waals surface area (Å²) in [5, 5.41) is 4.37. The third-order valence-corrected chi connectivity index (χ3v) is 3.53. The Morgan fingerprint density at radius 3 is 2.84 bits per heavy atom. The Balaban J connectivity index is 1.88. The van der Waals surface area contributed by atoms with Gasteiger partial charge in [0.05, 0.1) is 37.1 Å². The van der Waals surface area contributed by atoms with Gasteiger partial charge in [0.25, 0.3) is 0 Å². The summed E-state index contributed by atoms with van der Waals surface area (Å²) < 4.78 is 9.48. The molecule has 130 valence electrons. The summed E-state index contributed by atoms with van der Waals surface area (Å²) in [5.74, 6) is 1.23. The molecule has 2 aromatic heterocycles. The van der Waals surface area contributed by atoms with Gasteiger partial charge >= 0.3 is 0 Å². The first-order chi connectivity index (χ1) is 12.0. The number of imidazole rings is 2. The summed E-state index contributed by atoms with van der Waals surface area (Å²) in [7, 11) is 0. The monoisotopic (exact) mass is 338 g/mol. The second-order valence-electron chi connectivity index (χ2n) is 6.10. The van der Waals surface area contributed by atoms with Crippen molar-refractivity contribution < 1.29 is 4.74 Å². The molecule has 7 heteroatoms. The average Bonchev–Trinajstić information content (AvgIpc) is 3.16. The molecule has 0 unspecified atom stereocenters. The number of rotatable bonds is 6. The molecule has 0 saturated carbocycles. The zero-order chi connectivity index (χ0) is 17.8. The molecule has 0 aliphatic heterocycles. The van der Waals surface area contributed by atoms with E-state index in [0.29, 0.717) is 12.5 Å². The Morgan fingerprint density at radius 1 is 1.36 bits per heavy atom. The standard InChI is InChI=1S/C18H22N6O/c1-13(2)25-17-5-4-15(8-16(17)11-23-7-6-20-12-23)9-21-24-10-14(3)22-18(24)19/h4-10,12-13H,11H2,1-3H3,(H2,19,22). The summed E-state index contributed by atoms with van der Waals surface area (Å²) in [5.41, 5.74) is 8.66. The highest BCUT2D eigenvalue weighted by molar-refractivity contribution is 5.80. The zero-order valence-electron chi connectivity index (χ0n) is 14.6. The van der Waals surface area contributed by atoms with Crippen molar-refractivity contribution in [1.82, 2.24) is 19.2 Å². The molecule has 25 heavy (non-hydrogen) atoms. The number of benzene rings is 1. The van der Waals surface area contributed by atoms with Gasteiger partial charge < -0.3 is 15.0 Å². The predicted octanol–water partition coefficient (Wildman–Crippen LogP) is 2.69. The molecule has 3 rings (SSSR count). The van der Waals surface area contributed by atoms with Crippen LogP contribution in [0.1, 0.15) is 30.7 Å². The summed E-state index contributed by atoms with van der Waals surface area (Å²) >= 11 is 0. The fraction of sp³-hybridized carbons (Fsp3) is 0.278. The van der Waals surface area contributed by atoms with Gasteiger partial charge in [0.2, 0.25) is 5.95 Å². The van der Waals surface area contributed by atoms with Crippen LogP contribution in [0.3, 0.4) is 0 Å². The number of aromatic nitrogens is 4. The van der Waals surface area contributed by atoms with Crippen LogP contribution in [-0.4, -0.2) is 31.5 Å². The van der Waals surface area contributed by atoms with Gasteiger partial charge in [-0.15, -0.1) is 0 Å². The number of hydrogen-bond donors (Lipinski definition) is 1. The van der Waals surface area contributed by atoms with Gasteiger partial charge in [0, 0.05) is 18.0 Å². The van der Waals surface area contributed by atoms with E-state index in [1.807, 2.05) is 43.7 Å². The number of hydrogen-bond acceptors (Lipinski definition) is 5. The van der Waals surface area contributed by atoms with Crippen LogP contribution in [0, 0.1) is 6.92 Å². The molecule has 0 atom stereocenters. The van der Waals surface area contributed by atoms with E-state index in [-0.39, 0.29) is 6.10 Å². The molecule has 1 aromatic carbocycles. The Labute approximate surface area is 146 Å². The highest BCUT2D eigenvalue weighted by Crippen LogP contribution is 2.22. The van der Waals surface area contributed by atoms with Gasteiger partial charge in [-0.05, 0) is 44.5 Å². The Hall–Kier alpha value is -3.09. The van der Waals surface area contributed by atoms with Crippen molar-refractivity contribution in [1.29, 1.82) is 0 Å². The van der Waals surface area contributed by atoms with Gasteiger partial charge in [-0.25, -0.2) is 14.6 Å². The van der Waals surface area contributed by atoms with Gasteiger partial charge in [0.1, 0.15) is 5.75 Å². The first-order valence-corrected chi connectivity index (χ1v) is 8.12. The van der Waals surface area contributed by atoms with Crippen LogP contribution in [0.5, 0.6) is 5.75 Å². The number of ether oxygens (including phenoxy) is 1. The third kappa shape index (κ3) is 4.26. The molecular formula is C18H22N6O. The molecular weight excluding hydrogens is 316 g/mol. The predicted molar refractivity (Wildman–Crippen MR) is 97.9 cm³/mol. The van der Waals surface area contributed by atoms with E-state index in [0.717, 1.165) is 22.6 Å². The second-order valence-corrected chi connectivity index (χ2v) is 6.10. The van der Waals surface area contributed by atoms with Crippen LogP contribution in [0.4, 0.5) is 5.95 Å². The molecule has 0 aliphatic carbocycles. The maximum atomic E-state index is 5.92. The molecule has 0 radical (unpaired) electrons. The average molecular weight is 338 g/mol. The van der Waals surface area contributed by atoms with Crippen molar-refractivity contribution in [2.24, 2.45) is 5.10 Å². The minimum Gasteiger partial charge on any atom is -0.491 e. The number of aryl methyl sites for hydroxylation is 1. The third-order valence-electron chi connectivity index (χ3n) is 3.53. The molecule has 0 spiro atoms. The first-order valence-electron chi connectivity index (χ1n) is 8.12. The molecule has 0 aliphatic rings. The second kappa shape index (κ2) is 7.21. The van der Waals surface area contributed by atoms with Gasteiger partial charge in [-0.1, -0.05) is 0 Å². The molecule has 0 bridgehead atoms. The molecule has 7 nitrogen and oxygen atoms in total. The van der Waals surface area contributed by atoms with E-state index in [1.54, 1.807) is 29.6 Å². The summed E-state index contributed by atoms with van der Waals surface area (Å²) in [6, 6.07) is 6.00. The quantitative estimate of drug-likeness (QED) is 0.701. The van der Waals surface area contributed by atoms with Gasteiger partial charge in [-0.3, -0.25) is 0 Å². The number of nitrogens with zero attached hydrogens (tertiary/aromatic N) is 5. The van der Waals surface area contributed by atoms with Crippen molar-refractivity contribution in [3.8, 4) is 5.75 Å². The van der Waals surface area contributed by atoms with Gasteiger partial charge in [0.15, 0.2) is 0 Å². The van der Waals surface area contributed by atoms with E-state index in [1.165, 1.54) is 0 Å². The van der Waals surface area contributed by atoms with Crippen LogP contribution in [0.25, 0.3) is 0 Å². The minimum atomic E-state index is 0.106. The Bertz CT molecular complexity index is 864. The number of nitrogen functional groups attached to an aromatic ring is 1. The van der Waals surface area contributed by atoms with Crippen LogP contribution in [-0.2, 0) is 6.54 Å². The summed E-state index contributed by atoms with van der Waals surface area (Å²) in [6.45, 7) is 6.58. The molecule has 0 fully saturated rings. The smallest absolute Gasteiger partial charge is 0.221 e. The minimum absolute atomic E-state index is 0.106. The first kappa shape index (κ1) is 16.8. The van der Waals surface area contributed by atoms with Crippen molar-refractivity contribution in [2.75, 3.05) is 5.73 Å². The highest BCUT2D eigenvalue weighted by atomic mass is 16.5. The van der Waals surface area contributed by atoms with E-state index in [2.05, 4.69) is 21.1 Å².